The van der Waals surface area contributed by atoms with Crippen LogP contribution >= 0.6 is 11.3 Å². The third-order valence-electron chi connectivity index (χ3n) is 4.76. The van der Waals surface area contributed by atoms with Crippen LogP contribution in [0.25, 0.3) is 0 Å². The molecule has 1 aromatic heterocycles. The smallest absolute Gasteiger partial charge is 0.239 e. The second-order valence-corrected chi connectivity index (χ2v) is 7.85. The van der Waals surface area contributed by atoms with Crippen molar-refractivity contribution in [3.8, 4) is 0 Å². The molecule has 1 aromatic rings. The number of aromatic nitrogens is 2. The number of hydrogen-bond donors (Lipinski definition) is 1. The number of likely N-dealkylation sites (tertiary alicyclic amines) is 1. The van der Waals surface area contributed by atoms with Gasteiger partial charge in [0.15, 0.2) is 0 Å². The van der Waals surface area contributed by atoms with Crippen molar-refractivity contribution >= 4 is 39.3 Å². The Bertz CT molecular complexity index is 694. The van der Waals surface area contributed by atoms with E-state index in [-0.39, 0.29) is 24.3 Å². The van der Waals surface area contributed by atoms with E-state index in [0.29, 0.717) is 42.7 Å². The maximum atomic E-state index is 12.1. The summed E-state index contributed by atoms with van der Waals surface area (Å²) in [6.45, 7) is 2.91. The summed E-state index contributed by atoms with van der Waals surface area (Å²) in [5.74, 6) is 0.192. The molecule has 3 heterocycles. The first-order valence-corrected chi connectivity index (χ1v) is 10.3. The van der Waals surface area contributed by atoms with Crippen molar-refractivity contribution in [3.63, 3.8) is 0 Å². The summed E-state index contributed by atoms with van der Waals surface area (Å²) in [5, 5.41) is 12.3. The van der Waals surface area contributed by atoms with Crippen LogP contribution in [-0.2, 0) is 14.4 Å². The molecule has 148 valence electrons. The molecule has 0 spiro atoms. The topological polar surface area (TPSA) is 98.7 Å². The molecule has 3 amide bonds. The van der Waals surface area contributed by atoms with Crippen molar-refractivity contribution in [2.75, 3.05) is 49.6 Å². The number of likely N-dealkylation sites (N-methyl/N-ethyl adjacent to an activating group) is 1. The number of carbonyl (C=O) groups excluding carboxylic acids is 3. The minimum atomic E-state index is -0.101. The molecule has 2 aliphatic heterocycles. The van der Waals surface area contributed by atoms with Crippen LogP contribution in [0.3, 0.4) is 0 Å². The molecule has 0 aliphatic carbocycles. The van der Waals surface area contributed by atoms with E-state index < -0.39 is 0 Å². The summed E-state index contributed by atoms with van der Waals surface area (Å²) in [6.07, 6.45) is 4.78. The quantitative estimate of drug-likeness (QED) is 0.649. The van der Waals surface area contributed by atoms with E-state index in [9.17, 15) is 14.4 Å². The molecule has 2 saturated heterocycles. The van der Waals surface area contributed by atoms with Gasteiger partial charge in [-0.05, 0) is 25.7 Å². The molecule has 0 unspecified atom stereocenters. The standard InChI is InChI=1S/C17H26N6O3S/c1-21(12-13(24)18-8-5-10-22-9-4-7-14(22)25)16-19-20-17(27-16)23-11-3-2-6-15(23)26/h2-12H2,1H3,(H,18,24). The first-order valence-electron chi connectivity index (χ1n) is 9.44. The van der Waals surface area contributed by atoms with Crippen molar-refractivity contribution in [2.24, 2.45) is 0 Å². The lowest BCUT2D eigenvalue weighted by molar-refractivity contribution is -0.127. The van der Waals surface area contributed by atoms with Gasteiger partial charge in [0.25, 0.3) is 0 Å². The fourth-order valence-corrected chi connectivity index (χ4v) is 4.11. The lowest BCUT2D eigenvalue weighted by Crippen LogP contribution is -2.37. The summed E-state index contributed by atoms with van der Waals surface area (Å²) in [5.41, 5.74) is 0. The van der Waals surface area contributed by atoms with E-state index in [2.05, 4.69) is 15.5 Å². The third kappa shape index (κ3) is 5.15. The molecule has 27 heavy (non-hydrogen) atoms. The second kappa shape index (κ2) is 9.12. The average molecular weight is 395 g/mol. The lowest BCUT2D eigenvalue weighted by Gasteiger charge is -2.23. The predicted molar refractivity (Wildman–Crippen MR) is 103 cm³/mol. The Labute approximate surface area is 162 Å². The number of nitrogens with zero attached hydrogens (tertiary/aromatic N) is 5. The van der Waals surface area contributed by atoms with E-state index in [1.54, 1.807) is 16.8 Å². The average Bonchev–Trinajstić information content (AvgIpc) is 3.28. The maximum Gasteiger partial charge on any atom is 0.239 e. The lowest BCUT2D eigenvalue weighted by atomic mass is 10.1. The van der Waals surface area contributed by atoms with Gasteiger partial charge in [-0.15, -0.1) is 10.2 Å². The summed E-state index contributed by atoms with van der Waals surface area (Å²) in [4.78, 5) is 40.9. The zero-order chi connectivity index (χ0) is 19.2. The minimum Gasteiger partial charge on any atom is -0.354 e. The second-order valence-electron chi connectivity index (χ2n) is 6.91. The molecule has 2 aliphatic rings. The summed E-state index contributed by atoms with van der Waals surface area (Å²) < 4.78 is 0. The van der Waals surface area contributed by atoms with Crippen molar-refractivity contribution < 1.29 is 14.4 Å². The highest BCUT2D eigenvalue weighted by Gasteiger charge is 2.24. The molecule has 0 saturated carbocycles. The third-order valence-corrected chi connectivity index (χ3v) is 5.82. The molecule has 3 rings (SSSR count). The number of carbonyl (C=O) groups is 3. The van der Waals surface area contributed by atoms with Gasteiger partial charge in [-0.1, -0.05) is 11.3 Å². The predicted octanol–water partition coefficient (Wildman–Crippen LogP) is 0.620. The largest absolute Gasteiger partial charge is 0.354 e. The molecule has 9 nitrogen and oxygen atoms in total. The fraction of sp³-hybridized carbons (Fsp3) is 0.706. The van der Waals surface area contributed by atoms with Gasteiger partial charge in [-0.2, -0.15) is 0 Å². The Hall–Kier alpha value is -2.23. The van der Waals surface area contributed by atoms with Crippen molar-refractivity contribution in [1.29, 1.82) is 0 Å². The molecule has 0 aromatic carbocycles. The zero-order valence-corrected chi connectivity index (χ0v) is 16.5. The van der Waals surface area contributed by atoms with Gasteiger partial charge in [0, 0.05) is 46.1 Å². The highest BCUT2D eigenvalue weighted by Crippen LogP contribution is 2.28. The number of nitrogens with one attached hydrogen (secondary N) is 1. The van der Waals surface area contributed by atoms with E-state index >= 15 is 0 Å². The first-order chi connectivity index (χ1) is 13.0. The van der Waals surface area contributed by atoms with Gasteiger partial charge in [-0.25, -0.2) is 0 Å². The monoisotopic (exact) mass is 394 g/mol. The number of piperidine rings is 1. The summed E-state index contributed by atoms with van der Waals surface area (Å²) >= 11 is 1.32. The van der Waals surface area contributed by atoms with Crippen LogP contribution in [0.5, 0.6) is 0 Å². The molecular weight excluding hydrogens is 368 g/mol. The molecule has 2 fully saturated rings. The van der Waals surface area contributed by atoms with Crippen molar-refractivity contribution in [2.45, 2.75) is 38.5 Å². The Balaban J connectivity index is 1.40. The minimum absolute atomic E-state index is 0.0841. The Morgan fingerprint density at radius 1 is 1.15 bits per heavy atom. The van der Waals surface area contributed by atoms with Crippen LogP contribution in [0.2, 0.25) is 0 Å². The van der Waals surface area contributed by atoms with Crippen LogP contribution < -0.4 is 15.1 Å². The Morgan fingerprint density at radius 3 is 2.70 bits per heavy atom. The van der Waals surface area contributed by atoms with Crippen LogP contribution in [0.15, 0.2) is 0 Å². The SMILES string of the molecule is CN(CC(=O)NCCCN1CCCC1=O)c1nnc(N2CCCCC2=O)s1. The molecule has 0 radical (unpaired) electrons. The van der Waals surface area contributed by atoms with Crippen LogP contribution in [0, 0.1) is 0 Å². The number of amides is 3. The van der Waals surface area contributed by atoms with Crippen LogP contribution in [0.4, 0.5) is 10.3 Å². The van der Waals surface area contributed by atoms with Crippen molar-refractivity contribution in [3.05, 3.63) is 0 Å². The molecule has 1 N–H and O–H groups in total. The van der Waals surface area contributed by atoms with Gasteiger partial charge in [0.2, 0.25) is 28.0 Å². The highest BCUT2D eigenvalue weighted by atomic mass is 32.1. The van der Waals surface area contributed by atoms with Gasteiger partial charge >= 0.3 is 0 Å². The Morgan fingerprint density at radius 2 is 1.96 bits per heavy atom. The Kier molecular flexibility index (Phi) is 6.59. The first kappa shape index (κ1) is 19.5. The van der Waals surface area contributed by atoms with E-state index in [4.69, 9.17) is 0 Å². The summed E-state index contributed by atoms with van der Waals surface area (Å²) in [7, 11) is 1.78. The van der Waals surface area contributed by atoms with E-state index in [1.165, 1.54) is 11.3 Å². The van der Waals surface area contributed by atoms with Crippen LogP contribution in [-0.4, -0.2) is 72.6 Å². The fourth-order valence-electron chi connectivity index (χ4n) is 3.26. The van der Waals surface area contributed by atoms with Crippen LogP contribution in [0.1, 0.15) is 38.5 Å². The number of rotatable bonds is 8. The normalized spacial score (nSPS) is 17.5. The van der Waals surface area contributed by atoms with Gasteiger partial charge < -0.3 is 15.1 Å². The molecule has 10 heteroatoms. The maximum absolute atomic E-state index is 12.1. The van der Waals surface area contributed by atoms with E-state index in [1.807, 2.05) is 4.90 Å². The number of hydrogen-bond acceptors (Lipinski definition) is 7. The highest BCUT2D eigenvalue weighted by molar-refractivity contribution is 7.19. The molecule has 0 atom stereocenters. The van der Waals surface area contributed by atoms with Crippen molar-refractivity contribution in [1.82, 2.24) is 20.4 Å². The van der Waals surface area contributed by atoms with Gasteiger partial charge in [-0.3, -0.25) is 19.3 Å². The van der Waals surface area contributed by atoms with Gasteiger partial charge in [0.1, 0.15) is 0 Å². The number of anilines is 2. The zero-order valence-electron chi connectivity index (χ0n) is 15.6. The summed E-state index contributed by atoms with van der Waals surface area (Å²) in [6, 6.07) is 0. The van der Waals surface area contributed by atoms with Gasteiger partial charge in [0.05, 0.1) is 6.54 Å². The molecular formula is C17H26N6O3S. The van der Waals surface area contributed by atoms with E-state index in [0.717, 1.165) is 32.2 Å². The molecule has 0 bridgehead atoms.